The zero-order valence-electron chi connectivity index (χ0n) is 9.37. The summed E-state index contributed by atoms with van der Waals surface area (Å²) in [6.45, 7) is 1.86. The number of nitrogens with zero attached hydrogens (tertiary/aromatic N) is 3. The van der Waals surface area contributed by atoms with Crippen molar-refractivity contribution >= 4 is 23.5 Å². The summed E-state index contributed by atoms with van der Waals surface area (Å²) in [6, 6.07) is 9.79. The minimum atomic E-state index is -0.305. The maximum absolute atomic E-state index is 11.7. The van der Waals surface area contributed by atoms with Crippen molar-refractivity contribution < 1.29 is 4.79 Å². The maximum atomic E-state index is 11.7. The van der Waals surface area contributed by atoms with E-state index in [1.165, 1.54) is 6.21 Å². The standard InChI is InChI=1S/C13H11N3O/c1-9-12-11(7-8-14-13(12)17)16(15-9)10-5-3-2-4-6-10/h2-8,12H,1H3. The summed E-state index contributed by atoms with van der Waals surface area (Å²) in [5.74, 6) is -0.442. The Morgan fingerprint density at radius 2 is 2.00 bits per heavy atom. The van der Waals surface area contributed by atoms with E-state index in [9.17, 15) is 4.79 Å². The molecule has 84 valence electrons. The Morgan fingerprint density at radius 3 is 2.76 bits per heavy atom. The van der Waals surface area contributed by atoms with Gasteiger partial charge >= 0.3 is 0 Å². The van der Waals surface area contributed by atoms with E-state index in [0.29, 0.717) is 0 Å². The lowest BCUT2D eigenvalue weighted by atomic mass is 9.98. The molecule has 0 saturated carbocycles. The minimum absolute atomic E-state index is 0.137. The van der Waals surface area contributed by atoms with Gasteiger partial charge in [0.2, 0.25) is 0 Å². The molecule has 4 nitrogen and oxygen atoms in total. The van der Waals surface area contributed by atoms with Gasteiger partial charge < -0.3 is 0 Å². The summed E-state index contributed by atoms with van der Waals surface area (Å²) >= 11 is 0. The summed E-state index contributed by atoms with van der Waals surface area (Å²) in [7, 11) is 0. The van der Waals surface area contributed by atoms with Gasteiger partial charge in [-0.05, 0) is 25.1 Å². The topological polar surface area (TPSA) is 45.0 Å². The van der Waals surface area contributed by atoms with Crippen molar-refractivity contribution in [2.75, 3.05) is 5.01 Å². The Morgan fingerprint density at radius 1 is 1.24 bits per heavy atom. The number of anilines is 1. The highest BCUT2D eigenvalue weighted by atomic mass is 16.1. The molecule has 0 saturated heterocycles. The Balaban J connectivity index is 2.06. The molecule has 17 heavy (non-hydrogen) atoms. The fourth-order valence-electron chi connectivity index (χ4n) is 2.12. The van der Waals surface area contributed by atoms with Crippen LogP contribution in [0.25, 0.3) is 0 Å². The van der Waals surface area contributed by atoms with E-state index in [2.05, 4.69) is 10.1 Å². The van der Waals surface area contributed by atoms with Gasteiger partial charge in [-0.3, -0.25) is 4.79 Å². The van der Waals surface area contributed by atoms with Crippen LogP contribution in [0.2, 0.25) is 0 Å². The van der Waals surface area contributed by atoms with Crippen molar-refractivity contribution in [1.29, 1.82) is 0 Å². The zero-order valence-corrected chi connectivity index (χ0v) is 9.37. The summed E-state index contributed by atoms with van der Waals surface area (Å²) in [5.41, 5.74) is 2.64. The highest BCUT2D eigenvalue weighted by molar-refractivity contribution is 6.13. The number of hydrazone groups is 1. The molecule has 2 heterocycles. The lowest BCUT2D eigenvalue weighted by molar-refractivity contribution is -0.118. The summed E-state index contributed by atoms with van der Waals surface area (Å²) in [4.78, 5) is 15.5. The molecule has 2 aliphatic rings. The highest BCUT2D eigenvalue weighted by Gasteiger charge is 2.36. The van der Waals surface area contributed by atoms with Crippen LogP contribution in [0.4, 0.5) is 5.69 Å². The van der Waals surface area contributed by atoms with Gasteiger partial charge in [0.25, 0.3) is 5.91 Å². The molecule has 0 spiro atoms. The SMILES string of the molecule is CC1=NN(c2ccccc2)C2=CC=NC(=O)C21. The van der Waals surface area contributed by atoms with E-state index < -0.39 is 0 Å². The second kappa shape index (κ2) is 3.66. The number of aliphatic imine (C=N–C) groups is 1. The van der Waals surface area contributed by atoms with Crippen LogP contribution in [-0.4, -0.2) is 17.8 Å². The molecule has 1 atom stereocenters. The van der Waals surface area contributed by atoms with Gasteiger partial charge in [0.05, 0.1) is 17.1 Å². The molecule has 0 bridgehead atoms. The van der Waals surface area contributed by atoms with Crippen molar-refractivity contribution in [3.63, 3.8) is 0 Å². The van der Waals surface area contributed by atoms with Crippen molar-refractivity contribution in [2.45, 2.75) is 6.92 Å². The van der Waals surface area contributed by atoms with Crippen molar-refractivity contribution in [1.82, 2.24) is 0 Å². The van der Waals surface area contributed by atoms with E-state index in [1.807, 2.05) is 48.3 Å². The number of rotatable bonds is 1. The number of allylic oxidation sites excluding steroid dienone is 1. The summed E-state index contributed by atoms with van der Waals surface area (Å²) in [5, 5.41) is 6.24. The fraction of sp³-hybridized carbons (Fsp3) is 0.154. The van der Waals surface area contributed by atoms with Gasteiger partial charge in [0.15, 0.2) is 0 Å². The summed E-state index contributed by atoms with van der Waals surface area (Å²) < 4.78 is 0. The minimum Gasteiger partial charge on any atom is -0.271 e. The van der Waals surface area contributed by atoms with Gasteiger partial charge in [-0.25, -0.2) is 10.0 Å². The molecule has 4 heteroatoms. The highest BCUT2D eigenvalue weighted by Crippen LogP contribution is 2.32. The summed E-state index contributed by atoms with van der Waals surface area (Å²) in [6.07, 6.45) is 3.39. The zero-order chi connectivity index (χ0) is 11.8. The second-order valence-corrected chi connectivity index (χ2v) is 4.03. The number of amides is 1. The fourth-order valence-corrected chi connectivity index (χ4v) is 2.12. The smallest absolute Gasteiger partial charge is 0.260 e. The molecule has 1 aromatic carbocycles. The molecule has 1 amide bonds. The number of hydrogen-bond acceptors (Lipinski definition) is 3. The first kappa shape index (κ1) is 9.96. The average Bonchev–Trinajstić information content (AvgIpc) is 2.69. The van der Waals surface area contributed by atoms with E-state index in [0.717, 1.165) is 17.1 Å². The third-order valence-electron chi connectivity index (χ3n) is 2.91. The van der Waals surface area contributed by atoms with Crippen LogP contribution in [0.3, 0.4) is 0 Å². The van der Waals surface area contributed by atoms with Crippen LogP contribution in [0.15, 0.2) is 52.2 Å². The van der Waals surface area contributed by atoms with Gasteiger partial charge in [-0.1, -0.05) is 18.2 Å². The Kier molecular flexibility index (Phi) is 2.14. The van der Waals surface area contributed by atoms with E-state index in [4.69, 9.17) is 0 Å². The van der Waals surface area contributed by atoms with Gasteiger partial charge in [-0.2, -0.15) is 5.10 Å². The lowest BCUT2D eigenvalue weighted by Crippen LogP contribution is -2.25. The molecule has 0 aromatic heterocycles. The molecule has 0 radical (unpaired) electrons. The molecule has 1 unspecified atom stereocenters. The molecule has 0 aliphatic carbocycles. The first-order chi connectivity index (χ1) is 8.27. The lowest BCUT2D eigenvalue weighted by Gasteiger charge is -2.19. The molecule has 0 N–H and O–H groups in total. The maximum Gasteiger partial charge on any atom is 0.260 e. The van der Waals surface area contributed by atoms with E-state index in [1.54, 1.807) is 0 Å². The Labute approximate surface area is 99.0 Å². The van der Waals surface area contributed by atoms with E-state index >= 15 is 0 Å². The van der Waals surface area contributed by atoms with Crippen LogP contribution in [0, 0.1) is 5.92 Å². The molecule has 1 aromatic rings. The second-order valence-electron chi connectivity index (χ2n) is 4.03. The number of carbonyl (C=O) groups is 1. The van der Waals surface area contributed by atoms with Crippen LogP contribution >= 0.6 is 0 Å². The first-order valence-electron chi connectivity index (χ1n) is 5.46. The Hall–Kier alpha value is -2.23. The van der Waals surface area contributed by atoms with Crippen LogP contribution in [-0.2, 0) is 4.79 Å². The third-order valence-corrected chi connectivity index (χ3v) is 2.91. The number of carbonyl (C=O) groups excluding carboxylic acids is 1. The number of dihydropyridines is 1. The van der Waals surface area contributed by atoms with Crippen LogP contribution in [0.1, 0.15) is 6.92 Å². The number of hydrogen-bond donors (Lipinski definition) is 0. The van der Waals surface area contributed by atoms with Crippen molar-refractivity contribution in [3.8, 4) is 0 Å². The number of benzene rings is 1. The van der Waals surface area contributed by atoms with Crippen LogP contribution < -0.4 is 5.01 Å². The van der Waals surface area contributed by atoms with Gasteiger partial charge in [-0.15, -0.1) is 0 Å². The largest absolute Gasteiger partial charge is 0.271 e. The predicted octanol–water partition coefficient (Wildman–Crippen LogP) is 1.99. The van der Waals surface area contributed by atoms with Gasteiger partial charge in [0.1, 0.15) is 5.92 Å². The van der Waals surface area contributed by atoms with Crippen LogP contribution in [0.5, 0.6) is 0 Å². The number of fused-ring (bicyclic) bond motifs is 1. The molecule has 3 rings (SSSR count). The normalized spacial score (nSPS) is 22.3. The first-order valence-corrected chi connectivity index (χ1v) is 5.46. The average molecular weight is 225 g/mol. The van der Waals surface area contributed by atoms with E-state index in [-0.39, 0.29) is 11.8 Å². The quantitative estimate of drug-likeness (QED) is 0.733. The predicted molar refractivity (Wildman–Crippen MR) is 67.1 cm³/mol. The molecular weight excluding hydrogens is 214 g/mol. The number of para-hydroxylation sites is 1. The van der Waals surface area contributed by atoms with Crippen molar-refractivity contribution in [2.24, 2.45) is 16.0 Å². The molecular formula is C13H11N3O. The third kappa shape index (κ3) is 1.49. The van der Waals surface area contributed by atoms with Gasteiger partial charge in [0, 0.05) is 6.21 Å². The molecule has 2 aliphatic heterocycles. The Bertz CT molecular complexity index is 557. The van der Waals surface area contributed by atoms with Crippen molar-refractivity contribution in [3.05, 3.63) is 42.1 Å². The monoisotopic (exact) mass is 225 g/mol. The molecule has 0 fully saturated rings.